The number of carboxylic acids is 1. The molecule has 1 aliphatic rings. The highest BCUT2D eigenvalue weighted by molar-refractivity contribution is 7.16. The third-order valence-corrected chi connectivity index (χ3v) is 4.74. The van der Waals surface area contributed by atoms with Crippen LogP contribution in [0.15, 0.2) is 12.1 Å². The van der Waals surface area contributed by atoms with E-state index in [1.54, 1.807) is 0 Å². The van der Waals surface area contributed by atoms with E-state index in [0.29, 0.717) is 25.8 Å². The molecule has 2 atom stereocenters. The monoisotopic (exact) mass is 301 g/mol. The molecule has 19 heavy (non-hydrogen) atoms. The van der Waals surface area contributed by atoms with Gasteiger partial charge in [-0.05, 0) is 37.8 Å². The molecule has 0 radical (unpaired) electrons. The number of amides is 1. The molecular formula is C13H16ClNO3S. The van der Waals surface area contributed by atoms with Crippen LogP contribution in [0.4, 0.5) is 0 Å². The van der Waals surface area contributed by atoms with E-state index in [0.717, 1.165) is 15.6 Å². The van der Waals surface area contributed by atoms with Gasteiger partial charge in [0.2, 0.25) is 5.91 Å². The molecule has 0 unspecified atom stereocenters. The third-order valence-electron chi connectivity index (χ3n) is 3.45. The lowest BCUT2D eigenvalue weighted by molar-refractivity contribution is -0.141. The maximum absolute atomic E-state index is 11.9. The highest BCUT2D eigenvalue weighted by Gasteiger charge is 2.33. The van der Waals surface area contributed by atoms with Crippen LogP contribution in [0.1, 0.15) is 24.1 Å². The van der Waals surface area contributed by atoms with Crippen LogP contribution in [0, 0.1) is 11.8 Å². The Morgan fingerprint density at radius 3 is 2.68 bits per heavy atom. The van der Waals surface area contributed by atoms with Gasteiger partial charge in [0.05, 0.1) is 10.3 Å². The number of hydrogen-bond acceptors (Lipinski definition) is 3. The summed E-state index contributed by atoms with van der Waals surface area (Å²) in [6, 6.07) is 3.80. The Morgan fingerprint density at radius 1 is 1.37 bits per heavy atom. The number of aliphatic carboxylic acids is 1. The molecule has 0 aliphatic heterocycles. The lowest BCUT2D eigenvalue weighted by Crippen LogP contribution is -2.31. The van der Waals surface area contributed by atoms with E-state index in [1.807, 2.05) is 12.1 Å². The van der Waals surface area contributed by atoms with Gasteiger partial charge in [-0.2, -0.15) is 0 Å². The highest BCUT2D eigenvalue weighted by atomic mass is 35.5. The summed E-state index contributed by atoms with van der Waals surface area (Å²) in [7, 11) is 0. The molecule has 0 aromatic carbocycles. The molecule has 2 rings (SSSR count). The summed E-state index contributed by atoms with van der Waals surface area (Å²) in [5.41, 5.74) is 0. The van der Waals surface area contributed by atoms with Gasteiger partial charge in [-0.15, -0.1) is 11.3 Å². The predicted octanol–water partition coefficient (Wildman–Crippen LogP) is 2.56. The van der Waals surface area contributed by atoms with Gasteiger partial charge >= 0.3 is 5.97 Å². The number of carbonyl (C=O) groups is 2. The zero-order valence-corrected chi connectivity index (χ0v) is 12.0. The van der Waals surface area contributed by atoms with E-state index in [2.05, 4.69) is 5.32 Å². The smallest absolute Gasteiger partial charge is 0.306 e. The number of carboxylic acid groups (broad SMARTS) is 1. The molecule has 0 bridgehead atoms. The average molecular weight is 302 g/mol. The summed E-state index contributed by atoms with van der Waals surface area (Å²) in [5.74, 6) is -1.31. The van der Waals surface area contributed by atoms with Crippen LogP contribution >= 0.6 is 22.9 Å². The van der Waals surface area contributed by atoms with E-state index >= 15 is 0 Å². The molecule has 0 saturated heterocycles. The number of halogens is 1. The lowest BCUT2D eigenvalue weighted by atomic mass is 10.0. The average Bonchev–Trinajstić information content (AvgIpc) is 2.98. The SMILES string of the molecule is O=C(O)[C@H]1CC[C@@H](C(=O)NCCc2ccc(Cl)s2)C1. The lowest BCUT2D eigenvalue weighted by Gasteiger charge is -2.10. The number of carbonyl (C=O) groups excluding carboxylic acids is 1. The van der Waals surface area contributed by atoms with Gasteiger partial charge in [-0.25, -0.2) is 0 Å². The quantitative estimate of drug-likeness (QED) is 0.878. The summed E-state index contributed by atoms with van der Waals surface area (Å²) < 4.78 is 0.751. The van der Waals surface area contributed by atoms with Gasteiger partial charge < -0.3 is 10.4 Å². The molecule has 0 spiro atoms. The van der Waals surface area contributed by atoms with Crippen molar-refractivity contribution in [1.82, 2.24) is 5.32 Å². The second-order valence-electron chi connectivity index (χ2n) is 4.79. The van der Waals surface area contributed by atoms with Crippen molar-refractivity contribution in [3.63, 3.8) is 0 Å². The molecule has 1 saturated carbocycles. The molecule has 1 fully saturated rings. The van der Waals surface area contributed by atoms with Crippen LogP contribution < -0.4 is 5.32 Å². The molecule has 104 valence electrons. The second-order valence-corrected chi connectivity index (χ2v) is 6.59. The van der Waals surface area contributed by atoms with Crippen molar-refractivity contribution in [2.75, 3.05) is 6.54 Å². The number of nitrogens with one attached hydrogen (secondary N) is 1. The van der Waals surface area contributed by atoms with Crippen LogP contribution in [0.25, 0.3) is 0 Å². The summed E-state index contributed by atoms with van der Waals surface area (Å²) in [6.45, 7) is 0.573. The fourth-order valence-corrected chi connectivity index (χ4v) is 3.47. The predicted molar refractivity (Wildman–Crippen MR) is 74.5 cm³/mol. The zero-order chi connectivity index (χ0) is 13.8. The van der Waals surface area contributed by atoms with Gasteiger partial charge in [0, 0.05) is 17.3 Å². The topological polar surface area (TPSA) is 66.4 Å². The fourth-order valence-electron chi connectivity index (χ4n) is 2.38. The van der Waals surface area contributed by atoms with Crippen LogP contribution in [-0.2, 0) is 16.0 Å². The Hall–Kier alpha value is -1.07. The van der Waals surface area contributed by atoms with Crippen LogP contribution in [0.2, 0.25) is 4.34 Å². The molecule has 1 amide bonds. The van der Waals surface area contributed by atoms with E-state index in [9.17, 15) is 9.59 Å². The Bertz CT molecular complexity index is 474. The zero-order valence-electron chi connectivity index (χ0n) is 10.4. The van der Waals surface area contributed by atoms with Crippen molar-refractivity contribution in [2.45, 2.75) is 25.7 Å². The summed E-state index contributed by atoms with van der Waals surface area (Å²) in [5, 5.41) is 11.8. The van der Waals surface area contributed by atoms with Crippen molar-refractivity contribution < 1.29 is 14.7 Å². The van der Waals surface area contributed by atoms with Gasteiger partial charge in [0.25, 0.3) is 0 Å². The maximum Gasteiger partial charge on any atom is 0.306 e. The Balaban J connectivity index is 1.72. The van der Waals surface area contributed by atoms with Crippen LogP contribution in [0.5, 0.6) is 0 Å². The Morgan fingerprint density at radius 2 is 2.11 bits per heavy atom. The van der Waals surface area contributed by atoms with Gasteiger partial charge in [0.15, 0.2) is 0 Å². The van der Waals surface area contributed by atoms with E-state index in [1.165, 1.54) is 11.3 Å². The number of rotatable bonds is 5. The minimum atomic E-state index is -0.788. The molecule has 1 aromatic heterocycles. The number of hydrogen-bond donors (Lipinski definition) is 2. The van der Waals surface area contributed by atoms with E-state index in [4.69, 9.17) is 16.7 Å². The van der Waals surface area contributed by atoms with Crippen LogP contribution in [-0.4, -0.2) is 23.5 Å². The van der Waals surface area contributed by atoms with Gasteiger partial charge in [-0.1, -0.05) is 11.6 Å². The summed E-state index contributed by atoms with van der Waals surface area (Å²) in [6.07, 6.45) is 2.51. The fraction of sp³-hybridized carbons (Fsp3) is 0.538. The molecule has 6 heteroatoms. The first-order chi connectivity index (χ1) is 9.06. The minimum Gasteiger partial charge on any atom is -0.481 e. The van der Waals surface area contributed by atoms with Crippen LogP contribution in [0.3, 0.4) is 0 Å². The van der Waals surface area contributed by atoms with Gasteiger partial charge in [0.1, 0.15) is 0 Å². The van der Waals surface area contributed by atoms with Crippen molar-refractivity contribution >= 4 is 34.8 Å². The molecule has 4 nitrogen and oxygen atoms in total. The highest BCUT2D eigenvalue weighted by Crippen LogP contribution is 2.31. The standard InChI is InChI=1S/C13H16ClNO3S/c14-11-4-3-10(19-11)5-6-15-12(16)8-1-2-9(7-8)13(17)18/h3-4,8-9H,1-2,5-7H2,(H,15,16)(H,17,18)/t8-,9+/m1/s1. The second kappa shape index (κ2) is 6.39. The molecule has 1 aromatic rings. The third kappa shape index (κ3) is 3.94. The minimum absolute atomic E-state index is 0.0218. The molecule has 1 aliphatic carbocycles. The Labute approximate surface area is 120 Å². The molecule has 1 heterocycles. The van der Waals surface area contributed by atoms with E-state index in [-0.39, 0.29) is 17.7 Å². The summed E-state index contributed by atoms with van der Waals surface area (Å²) in [4.78, 5) is 23.8. The Kier molecular flexibility index (Phi) is 4.82. The normalized spacial score (nSPS) is 22.4. The molecule has 2 N–H and O–H groups in total. The summed E-state index contributed by atoms with van der Waals surface area (Å²) >= 11 is 7.34. The van der Waals surface area contributed by atoms with Crippen molar-refractivity contribution in [1.29, 1.82) is 0 Å². The first-order valence-electron chi connectivity index (χ1n) is 6.31. The van der Waals surface area contributed by atoms with Gasteiger partial charge in [-0.3, -0.25) is 9.59 Å². The van der Waals surface area contributed by atoms with Crippen molar-refractivity contribution in [3.8, 4) is 0 Å². The molecular weight excluding hydrogens is 286 g/mol. The van der Waals surface area contributed by atoms with Crippen molar-refractivity contribution in [2.24, 2.45) is 11.8 Å². The van der Waals surface area contributed by atoms with E-state index < -0.39 is 5.97 Å². The maximum atomic E-state index is 11.9. The first kappa shape index (κ1) is 14.3. The first-order valence-corrected chi connectivity index (χ1v) is 7.50. The number of thiophene rings is 1. The largest absolute Gasteiger partial charge is 0.481 e. The van der Waals surface area contributed by atoms with Crippen molar-refractivity contribution in [3.05, 3.63) is 21.3 Å².